The van der Waals surface area contributed by atoms with Crippen LogP contribution in [-0.2, 0) is 19.6 Å². The fraction of sp³-hybridized carbons (Fsp3) is 0.500. The molecule has 0 aromatic heterocycles. The fourth-order valence-corrected chi connectivity index (χ4v) is 4.23. The molecular formula is C14H18FNO6S. The average Bonchev–Trinajstić information content (AvgIpc) is 2.99. The molecule has 9 heteroatoms. The standard InChI is InChI=1S/C14H18FNO6S/c1-21-7-8-22-12-5-4-10(15)9-13(12)23(19,20)16-6-2-3-11(16)14(17)18/h4-5,9,11H,2-3,6-8H2,1H3,(H,17,18). The lowest BCUT2D eigenvalue weighted by atomic mass is 10.2. The van der Waals surface area contributed by atoms with Crippen LogP contribution in [0.5, 0.6) is 5.75 Å². The third kappa shape index (κ3) is 3.80. The van der Waals surface area contributed by atoms with Gasteiger partial charge in [-0.1, -0.05) is 0 Å². The number of nitrogens with zero attached hydrogens (tertiary/aromatic N) is 1. The lowest BCUT2D eigenvalue weighted by Gasteiger charge is -2.22. The number of sulfonamides is 1. The minimum absolute atomic E-state index is 0.0283. The molecule has 1 aromatic carbocycles. The Labute approximate surface area is 133 Å². The molecule has 1 aliphatic heterocycles. The summed E-state index contributed by atoms with van der Waals surface area (Å²) in [4.78, 5) is 10.9. The van der Waals surface area contributed by atoms with Crippen molar-refractivity contribution in [3.8, 4) is 5.75 Å². The first-order valence-electron chi connectivity index (χ1n) is 7.04. The van der Waals surface area contributed by atoms with Gasteiger partial charge in [-0.05, 0) is 31.0 Å². The molecule has 2 rings (SSSR count). The summed E-state index contributed by atoms with van der Waals surface area (Å²) >= 11 is 0. The largest absolute Gasteiger partial charge is 0.490 e. The van der Waals surface area contributed by atoms with Crippen LogP contribution >= 0.6 is 0 Å². The van der Waals surface area contributed by atoms with Gasteiger partial charge in [-0.15, -0.1) is 0 Å². The molecule has 1 N–H and O–H groups in total. The Bertz CT molecular complexity index is 678. The smallest absolute Gasteiger partial charge is 0.322 e. The molecule has 23 heavy (non-hydrogen) atoms. The minimum atomic E-state index is -4.18. The number of benzene rings is 1. The number of hydrogen-bond donors (Lipinski definition) is 1. The van der Waals surface area contributed by atoms with Crippen molar-refractivity contribution in [2.75, 3.05) is 26.9 Å². The summed E-state index contributed by atoms with van der Waals surface area (Å²) < 4.78 is 50.0. The van der Waals surface area contributed by atoms with E-state index in [4.69, 9.17) is 14.6 Å². The first kappa shape index (κ1) is 17.6. The van der Waals surface area contributed by atoms with Gasteiger partial charge in [0.1, 0.15) is 29.1 Å². The van der Waals surface area contributed by atoms with E-state index in [9.17, 15) is 17.6 Å². The highest BCUT2D eigenvalue weighted by Crippen LogP contribution is 2.32. The molecular weight excluding hydrogens is 329 g/mol. The van der Waals surface area contributed by atoms with Crippen molar-refractivity contribution < 1.29 is 32.2 Å². The lowest BCUT2D eigenvalue weighted by molar-refractivity contribution is -0.140. The highest BCUT2D eigenvalue weighted by atomic mass is 32.2. The van der Waals surface area contributed by atoms with Crippen LogP contribution in [0.15, 0.2) is 23.1 Å². The van der Waals surface area contributed by atoms with Crippen molar-refractivity contribution >= 4 is 16.0 Å². The second-order valence-corrected chi connectivity index (χ2v) is 6.90. The molecule has 0 spiro atoms. The SMILES string of the molecule is COCCOc1ccc(F)cc1S(=O)(=O)N1CCCC1C(=O)O. The highest BCUT2D eigenvalue weighted by Gasteiger charge is 2.40. The Balaban J connectivity index is 2.38. The van der Waals surface area contributed by atoms with Gasteiger partial charge in [0.25, 0.3) is 0 Å². The van der Waals surface area contributed by atoms with Gasteiger partial charge in [0.05, 0.1) is 6.61 Å². The fourth-order valence-electron chi connectivity index (χ4n) is 2.44. The number of hydrogen-bond acceptors (Lipinski definition) is 5. The molecule has 128 valence electrons. The van der Waals surface area contributed by atoms with Crippen molar-refractivity contribution in [1.82, 2.24) is 4.31 Å². The second kappa shape index (κ2) is 7.24. The molecule has 1 fully saturated rings. The summed E-state index contributed by atoms with van der Waals surface area (Å²) in [6.07, 6.45) is 0.662. The minimum Gasteiger partial charge on any atom is -0.490 e. The quantitative estimate of drug-likeness (QED) is 0.742. The Hall–Kier alpha value is -1.71. The first-order chi connectivity index (χ1) is 10.9. The van der Waals surface area contributed by atoms with Gasteiger partial charge in [-0.25, -0.2) is 12.8 Å². The molecule has 0 bridgehead atoms. The molecule has 0 radical (unpaired) electrons. The number of methoxy groups -OCH3 is 1. The van der Waals surface area contributed by atoms with Crippen molar-refractivity contribution in [1.29, 1.82) is 0 Å². The average molecular weight is 347 g/mol. The van der Waals surface area contributed by atoms with Gasteiger partial charge in [0.15, 0.2) is 0 Å². The van der Waals surface area contributed by atoms with Gasteiger partial charge in [-0.3, -0.25) is 4.79 Å². The maximum absolute atomic E-state index is 13.5. The van der Waals surface area contributed by atoms with Crippen LogP contribution in [-0.4, -0.2) is 56.7 Å². The summed E-state index contributed by atoms with van der Waals surface area (Å²) in [6.45, 7) is 0.401. The summed E-state index contributed by atoms with van der Waals surface area (Å²) in [6, 6.07) is 1.99. The predicted molar refractivity (Wildman–Crippen MR) is 78.3 cm³/mol. The molecule has 1 aliphatic rings. The molecule has 0 saturated carbocycles. The van der Waals surface area contributed by atoms with Gasteiger partial charge in [0, 0.05) is 13.7 Å². The van der Waals surface area contributed by atoms with Crippen LogP contribution in [0.2, 0.25) is 0 Å². The number of carbonyl (C=O) groups is 1. The molecule has 7 nitrogen and oxygen atoms in total. The predicted octanol–water partition coefficient (Wildman–Crippen LogP) is 1.09. The number of halogens is 1. The van der Waals surface area contributed by atoms with Crippen LogP contribution in [0.4, 0.5) is 4.39 Å². The van der Waals surface area contributed by atoms with Crippen molar-refractivity contribution in [2.45, 2.75) is 23.8 Å². The maximum Gasteiger partial charge on any atom is 0.322 e. The van der Waals surface area contributed by atoms with Gasteiger partial charge in [-0.2, -0.15) is 4.31 Å². The zero-order chi connectivity index (χ0) is 17.0. The third-order valence-electron chi connectivity index (χ3n) is 3.53. The van der Waals surface area contributed by atoms with Crippen LogP contribution in [0.3, 0.4) is 0 Å². The van der Waals surface area contributed by atoms with E-state index in [2.05, 4.69) is 0 Å². The van der Waals surface area contributed by atoms with Crippen molar-refractivity contribution in [2.24, 2.45) is 0 Å². The van der Waals surface area contributed by atoms with E-state index in [1.807, 2.05) is 0 Å². The van der Waals surface area contributed by atoms with E-state index in [1.54, 1.807) is 0 Å². The van der Waals surface area contributed by atoms with Crippen LogP contribution in [0, 0.1) is 5.82 Å². The normalized spacial score (nSPS) is 19.0. The molecule has 1 aromatic rings. The summed E-state index contributed by atoms with van der Waals surface area (Å²) in [5, 5.41) is 9.16. The number of aliphatic carboxylic acids is 1. The van der Waals surface area contributed by atoms with Gasteiger partial charge in [0.2, 0.25) is 10.0 Å². The van der Waals surface area contributed by atoms with Gasteiger partial charge >= 0.3 is 5.97 Å². The Kier molecular flexibility index (Phi) is 5.55. The van der Waals surface area contributed by atoms with E-state index in [1.165, 1.54) is 13.2 Å². The number of rotatable bonds is 7. The number of ether oxygens (including phenoxy) is 2. The maximum atomic E-state index is 13.5. The first-order valence-corrected chi connectivity index (χ1v) is 8.48. The monoisotopic (exact) mass is 347 g/mol. The number of carboxylic acids is 1. The zero-order valence-corrected chi connectivity index (χ0v) is 13.4. The lowest BCUT2D eigenvalue weighted by Crippen LogP contribution is -2.40. The Morgan fingerprint density at radius 1 is 1.43 bits per heavy atom. The molecule has 0 aliphatic carbocycles. The van der Waals surface area contributed by atoms with E-state index in [0.29, 0.717) is 6.42 Å². The van der Waals surface area contributed by atoms with E-state index < -0.39 is 27.9 Å². The number of carboxylic acid groups (broad SMARTS) is 1. The zero-order valence-electron chi connectivity index (χ0n) is 12.6. The topological polar surface area (TPSA) is 93.1 Å². The molecule has 1 atom stereocenters. The van der Waals surface area contributed by atoms with E-state index in [-0.39, 0.29) is 36.8 Å². The highest BCUT2D eigenvalue weighted by molar-refractivity contribution is 7.89. The van der Waals surface area contributed by atoms with Crippen LogP contribution in [0.1, 0.15) is 12.8 Å². The van der Waals surface area contributed by atoms with Crippen molar-refractivity contribution in [3.05, 3.63) is 24.0 Å². The van der Waals surface area contributed by atoms with Gasteiger partial charge < -0.3 is 14.6 Å². The van der Waals surface area contributed by atoms with Crippen molar-refractivity contribution in [3.63, 3.8) is 0 Å². The summed E-state index contributed by atoms with van der Waals surface area (Å²) in [5.41, 5.74) is 0. The molecule has 0 amide bonds. The second-order valence-electron chi connectivity index (χ2n) is 5.04. The molecule has 1 heterocycles. The van der Waals surface area contributed by atoms with E-state index >= 15 is 0 Å². The molecule has 1 unspecified atom stereocenters. The molecule has 1 saturated heterocycles. The van der Waals surface area contributed by atoms with E-state index in [0.717, 1.165) is 16.4 Å². The van der Waals surface area contributed by atoms with Crippen LogP contribution < -0.4 is 4.74 Å². The third-order valence-corrected chi connectivity index (χ3v) is 5.46. The summed E-state index contributed by atoms with van der Waals surface area (Å²) in [5.74, 6) is -1.99. The van der Waals surface area contributed by atoms with Crippen LogP contribution in [0.25, 0.3) is 0 Å². The Morgan fingerprint density at radius 2 is 2.17 bits per heavy atom. The Morgan fingerprint density at radius 3 is 2.83 bits per heavy atom. The summed E-state index contributed by atoms with van der Waals surface area (Å²) in [7, 11) is -2.71.